The van der Waals surface area contributed by atoms with Crippen LogP contribution in [0.4, 0.5) is 0 Å². The number of benzene rings is 2. The molecular weight excluding hydrogens is 348 g/mol. The van der Waals surface area contributed by atoms with Crippen LogP contribution in [0.5, 0.6) is 0 Å². The van der Waals surface area contributed by atoms with Crippen LogP contribution in [0, 0.1) is 6.92 Å². The number of fused-ring (bicyclic) bond motifs is 1. The standard InChI is InChI=1S/C24H30N2O2/c1-16(2)20-13-21-19(12-24(27)28-23(21)11-17(20)3)14-25-15-22(26(4)5)18-9-7-6-8-10-18/h6-13,16,22,25H,14-15H2,1-5H3/p+2/t22-/m1/s1. The fraction of sp³-hybridized carbons (Fsp3) is 0.375. The predicted octanol–water partition coefficient (Wildman–Crippen LogP) is 2.17. The minimum absolute atomic E-state index is 0.273. The van der Waals surface area contributed by atoms with Crippen molar-refractivity contribution in [1.29, 1.82) is 0 Å². The second kappa shape index (κ2) is 8.72. The monoisotopic (exact) mass is 380 g/mol. The van der Waals surface area contributed by atoms with Gasteiger partial charge >= 0.3 is 5.63 Å². The van der Waals surface area contributed by atoms with E-state index in [9.17, 15) is 4.79 Å². The molecule has 0 aliphatic heterocycles. The van der Waals surface area contributed by atoms with E-state index in [2.05, 4.69) is 76.6 Å². The van der Waals surface area contributed by atoms with Crippen LogP contribution in [-0.2, 0) is 6.54 Å². The molecule has 0 aliphatic carbocycles. The molecule has 1 aromatic heterocycles. The van der Waals surface area contributed by atoms with Crippen molar-refractivity contribution in [3.8, 4) is 0 Å². The van der Waals surface area contributed by atoms with E-state index in [1.165, 1.54) is 21.6 Å². The van der Waals surface area contributed by atoms with Gasteiger partial charge in [-0.05, 0) is 36.1 Å². The molecule has 0 saturated heterocycles. The Morgan fingerprint density at radius 2 is 1.79 bits per heavy atom. The van der Waals surface area contributed by atoms with Gasteiger partial charge in [-0.25, -0.2) is 4.79 Å². The van der Waals surface area contributed by atoms with Crippen LogP contribution in [0.15, 0.2) is 57.7 Å². The molecule has 1 heterocycles. The van der Waals surface area contributed by atoms with Gasteiger partial charge in [-0.1, -0.05) is 44.2 Å². The fourth-order valence-electron chi connectivity index (χ4n) is 3.98. The van der Waals surface area contributed by atoms with E-state index in [4.69, 9.17) is 4.42 Å². The second-order valence-corrected chi connectivity index (χ2v) is 8.22. The smallest absolute Gasteiger partial charge is 0.336 e. The van der Waals surface area contributed by atoms with Gasteiger partial charge < -0.3 is 14.6 Å². The molecule has 0 amide bonds. The summed E-state index contributed by atoms with van der Waals surface area (Å²) in [6.07, 6.45) is 0. The molecule has 0 radical (unpaired) electrons. The molecule has 1 atom stereocenters. The summed E-state index contributed by atoms with van der Waals surface area (Å²) in [4.78, 5) is 13.5. The Hall–Kier alpha value is -2.43. The molecular formula is C24H32N2O2+2. The third-order valence-corrected chi connectivity index (χ3v) is 5.50. The van der Waals surface area contributed by atoms with Crippen molar-refractivity contribution < 1.29 is 14.6 Å². The van der Waals surface area contributed by atoms with Crippen molar-refractivity contribution in [2.75, 3.05) is 20.6 Å². The summed E-state index contributed by atoms with van der Waals surface area (Å²) in [6, 6.07) is 16.9. The highest BCUT2D eigenvalue weighted by Gasteiger charge is 2.20. The van der Waals surface area contributed by atoms with Crippen molar-refractivity contribution in [1.82, 2.24) is 0 Å². The largest absolute Gasteiger partial charge is 0.423 e. The molecule has 0 unspecified atom stereocenters. The quantitative estimate of drug-likeness (QED) is 0.617. The van der Waals surface area contributed by atoms with Gasteiger partial charge in [0.05, 0.1) is 14.1 Å². The lowest BCUT2D eigenvalue weighted by Gasteiger charge is -2.20. The van der Waals surface area contributed by atoms with Gasteiger partial charge in [0, 0.05) is 22.6 Å². The highest BCUT2D eigenvalue weighted by molar-refractivity contribution is 5.82. The average Bonchev–Trinajstić information content (AvgIpc) is 2.64. The Bertz CT molecular complexity index is 991. The summed E-state index contributed by atoms with van der Waals surface area (Å²) in [6.45, 7) is 8.20. The Balaban J connectivity index is 1.85. The van der Waals surface area contributed by atoms with Crippen LogP contribution in [0.2, 0.25) is 0 Å². The first-order valence-corrected chi connectivity index (χ1v) is 10.1. The molecule has 4 heteroatoms. The molecule has 0 fully saturated rings. The van der Waals surface area contributed by atoms with Crippen molar-refractivity contribution in [2.24, 2.45) is 0 Å². The second-order valence-electron chi connectivity index (χ2n) is 8.22. The van der Waals surface area contributed by atoms with E-state index in [-0.39, 0.29) is 5.63 Å². The van der Waals surface area contributed by atoms with Crippen molar-refractivity contribution in [3.05, 3.63) is 81.2 Å². The lowest BCUT2D eigenvalue weighted by atomic mass is 9.95. The highest BCUT2D eigenvalue weighted by atomic mass is 16.4. The van der Waals surface area contributed by atoms with Crippen LogP contribution in [-0.4, -0.2) is 20.6 Å². The number of rotatable bonds is 7. The van der Waals surface area contributed by atoms with Gasteiger partial charge in [0.2, 0.25) is 0 Å². The minimum atomic E-state index is -0.273. The van der Waals surface area contributed by atoms with Gasteiger partial charge in [-0.3, -0.25) is 0 Å². The maximum atomic E-state index is 12.1. The third-order valence-electron chi connectivity index (χ3n) is 5.50. The number of nitrogens with one attached hydrogen (secondary N) is 1. The first kappa shape index (κ1) is 20.3. The number of likely N-dealkylation sites (N-methyl/N-ethyl adjacent to an activating group) is 1. The number of hydrogen-bond donors (Lipinski definition) is 2. The molecule has 3 N–H and O–H groups in total. The third kappa shape index (κ3) is 4.51. The molecule has 3 rings (SSSR count). The SMILES string of the molecule is Cc1cc2oc(=O)cc(C[NH2+]C[C@H](c3ccccc3)[NH+](C)C)c2cc1C(C)C. The van der Waals surface area contributed by atoms with Crippen LogP contribution in [0.3, 0.4) is 0 Å². The van der Waals surface area contributed by atoms with Gasteiger partial charge in [0.1, 0.15) is 18.7 Å². The maximum Gasteiger partial charge on any atom is 0.336 e. The molecule has 148 valence electrons. The Morgan fingerprint density at radius 1 is 1.07 bits per heavy atom. The maximum absolute atomic E-state index is 12.1. The zero-order valence-electron chi connectivity index (χ0n) is 17.6. The molecule has 0 spiro atoms. The Labute approximate surface area is 167 Å². The van der Waals surface area contributed by atoms with E-state index in [0.29, 0.717) is 17.5 Å². The van der Waals surface area contributed by atoms with E-state index in [1.54, 1.807) is 6.07 Å². The number of hydrogen-bond acceptors (Lipinski definition) is 2. The topological polar surface area (TPSA) is 51.3 Å². The van der Waals surface area contributed by atoms with Crippen LogP contribution in [0.25, 0.3) is 11.0 Å². The minimum Gasteiger partial charge on any atom is -0.423 e. The Kier molecular flexibility index (Phi) is 6.32. The van der Waals surface area contributed by atoms with Crippen LogP contribution < -0.4 is 15.8 Å². The van der Waals surface area contributed by atoms with Crippen LogP contribution in [0.1, 0.15) is 48.1 Å². The predicted molar refractivity (Wildman–Crippen MR) is 114 cm³/mol. The van der Waals surface area contributed by atoms with Gasteiger partial charge in [-0.15, -0.1) is 0 Å². The van der Waals surface area contributed by atoms with Crippen LogP contribution >= 0.6 is 0 Å². The zero-order valence-corrected chi connectivity index (χ0v) is 17.6. The van der Waals surface area contributed by atoms with E-state index < -0.39 is 0 Å². The first-order chi connectivity index (χ1) is 13.4. The first-order valence-electron chi connectivity index (χ1n) is 10.1. The van der Waals surface area contributed by atoms with Crippen molar-refractivity contribution in [2.45, 2.75) is 39.3 Å². The molecule has 3 aromatic rings. The summed E-state index contributed by atoms with van der Waals surface area (Å²) >= 11 is 0. The highest BCUT2D eigenvalue weighted by Crippen LogP contribution is 2.26. The van der Waals surface area contributed by atoms with E-state index in [0.717, 1.165) is 24.0 Å². The molecule has 0 bridgehead atoms. The Morgan fingerprint density at radius 3 is 2.43 bits per heavy atom. The normalized spacial score (nSPS) is 12.8. The lowest BCUT2D eigenvalue weighted by molar-refractivity contribution is -0.910. The summed E-state index contributed by atoms with van der Waals surface area (Å²) in [5.41, 5.74) is 5.29. The van der Waals surface area contributed by atoms with Gasteiger partial charge in [0.15, 0.2) is 6.04 Å². The van der Waals surface area contributed by atoms with Crippen molar-refractivity contribution >= 4 is 11.0 Å². The molecule has 28 heavy (non-hydrogen) atoms. The van der Waals surface area contributed by atoms with E-state index >= 15 is 0 Å². The van der Waals surface area contributed by atoms with Gasteiger partial charge in [0.25, 0.3) is 0 Å². The number of aryl methyl sites for hydroxylation is 1. The summed E-state index contributed by atoms with van der Waals surface area (Å²) in [5.74, 6) is 0.438. The summed E-state index contributed by atoms with van der Waals surface area (Å²) < 4.78 is 5.48. The zero-order chi connectivity index (χ0) is 20.3. The number of quaternary nitrogens is 2. The molecule has 2 aromatic carbocycles. The van der Waals surface area contributed by atoms with Crippen molar-refractivity contribution in [3.63, 3.8) is 0 Å². The van der Waals surface area contributed by atoms with E-state index in [1.807, 2.05) is 6.07 Å². The fourth-order valence-corrected chi connectivity index (χ4v) is 3.98. The average molecular weight is 381 g/mol. The number of nitrogens with two attached hydrogens (primary N) is 1. The molecule has 4 nitrogen and oxygen atoms in total. The lowest BCUT2D eigenvalue weighted by Crippen LogP contribution is -3.09. The molecule has 0 aliphatic rings. The van der Waals surface area contributed by atoms with Gasteiger partial charge in [-0.2, -0.15) is 0 Å². The summed E-state index contributed by atoms with van der Waals surface area (Å²) in [7, 11) is 4.38. The summed E-state index contributed by atoms with van der Waals surface area (Å²) in [5, 5.41) is 3.35. The molecule has 0 saturated carbocycles.